The fraction of sp³-hybridized carbons (Fsp3) is 0.278. The summed E-state index contributed by atoms with van der Waals surface area (Å²) in [6.07, 6.45) is 0. The molecule has 116 valence electrons. The maximum Gasteiger partial charge on any atom is 0.258 e. The number of ether oxygens (including phenoxy) is 2. The van der Waals surface area contributed by atoms with Crippen LogP contribution in [-0.4, -0.2) is 32.8 Å². The summed E-state index contributed by atoms with van der Waals surface area (Å²) in [6, 6.07) is 16.1. The molecule has 0 aliphatic carbocycles. The van der Waals surface area contributed by atoms with Crippen molar-refractivity contribution in [3.8, 4) is 16.9 Å². The van der Waals surface area contributed by atoms with Crippen molar-refractivity contribution in [2.45, 2.75) is 6.92 Å². The lowest BCUT2D eigenvalue weighted by Gasteiger charge is -2.08. The largest absolute Gasteiger partial charge is 0.484 e. The number of amides is 1. The second-order valence-electron chi connectivity index (χ2n) is 5.02. The Morgan fingerprint density at radius 2 is 1.59 bits per heavy atom. The normalized spacial score (nSPS) is 10.3. The maximum absolute atomic E-state index is 11.5. The van der Waals surface area contributed by atoms with E-state index in [1.54, 1.807) is 7.11 Å². The van der Waals surface area contributed by atoms with Crippen LogP contribution in [0.5, 0.6) is 5.75 Å². The van der Waals surface area contributed by atoms with E-state index in [4.69, 9.17) is 9.47 Å². The molecule has 0 unspecified atom stereocenters. The van der Waals surface area contributed by atoms with Gasteiger partial charge in [-0.15, -0.1) is 0 Å². The first-order valence-corrected chi connectivity index (χ1v) is 7.24. The number of carbonyl (C=O) groups is 1. The molecule has 0 fully saturated rings. The second-order valence-corrected chi connectivity index (χ2v) is 5.02. The number of nitrogens with one attached hydrogen (secondary N) is 1. The molecule has 1 amide bonds. The van der Waals surface area contributed by atoms with Gasteiger partial charge in [0.25, 0.3) is 5.91 Å². The Morgan fingerprint density at radius 3 is 2.18 bits per heavy atom. The van der Waals surface area contributed by atoms with E-state index in [-0.39, 0.29) is 12.5 Å². The van der Waals surface area contributed by atoms with E-state index in [9.17, 15) is 4.79 Å². The van der Waals surface area contributed by atoms with Crippen molar-refractivity contribution in [1.82, 2.24) is 5.32 Å². The molecule has 0 bridgehead atoms. The molecule has 0 heterocycles. The fourth-order valence-corrected chi connectivity index (χ4v) is 1.98. The number of rotatable bonds is 7. The van der Waals surface area contributed by atoms with Crippen LogP contribution in [0.25, 0.3) is 11.1 Å². The molecular weight excluding hydrogens is 278 g/mol. The molecular formula is C18H21NO3. The minimum absolute atomic E-state index is 0.00753. The maximum atomic E-state index is 11.5. The highest BCUT2D eigenvalue weighted by molar-refractivity contribution is 5.77. The summed E-state index contributed by atoms with van der Waals surface area (Å²) in [5, 5.41) is 2.71. The van der Waals surface area contributed by atoms with Crippen molar-refractivity contribution in [1.29, 1.82) is 0 Å². The van der Waals surface area contributed by atoms with Gasteiger partial charge in [0.2, 0.25) is 0 Å². The number of carbonyl (C=O) groups excluding carboxylic acids is 1. The second kappa shape index (κ2) is 8.20. The zero-order valence-electron chi connectivity index (χ0n) is 13.0. The third kappa shape index (κ3) is 4.90. The van der Waals surface area contributed by atoms with Crippen molar-refractivity contribution >= 4 is 5.91 Å². The minimum atomic E-state index is -0.153. The minimum Gasteiger partial charge on any atom is -0.484 e. The molecule has 0 aromatic heterocycles. The average Bonchev–Trinajstić information content (AvgIpc) is 2.54. The van der Waals surface area contributed by atoms with Gasteiger partial charge in [-0.2, -0.15) is 0 Å². The summed E-state index contributed by atoms with van der Waals surface area (Å²) < 4.78 is 10.3. The van der Waals surface area contributed by atoms with Crippen LogP contribution < -0.4 is 10.1 Å². The predicted molar refractivity (Wildman–Crippen MR) is 87.0 cm³/mol. The molecule has 0 saturated carbocycles. The Labute approximate surface area is 131 Å². The van der Waals surface area contributed by atoms with Gasteiger partial charge in [0.05, 0.1) is 6.61 Å². The van der Waals surface area contributed by atoms with Crippen molar-refractivity contribution < 1.29 is 14.3 Å². The summed E-state index contributed by atoms with van der Waals surface area (Å²) in [6.45, 7) is 3.06. The molecule has 0 aliphatic heterocycles. The lowest BCUT2D eigenvalue weighted by molar-refractivity contribution is -0.123. The lowest BCUT2D eigenvalue weighted by Crippen LogP contribution is -2.31. The van der Waals surface area contributed by atoms with E-state index in [2.05, 4.69) is 36.5 Å². The number of aryl methyl sites for hydroxylation is 1. The number of benzene rings is 2. The van der Waals surface area contributed by atoms with Crippen LogP contribution in [0.1, 0.15) is 5.56 Å². The molecule has 4 heteroatoms. The van der Waals surface area contributed by atoms with E-state index in [0.29, 0.717) is 18.9 Å². The molecule has 0 radical (unpaired) electrons. The standard InChI is InChI=1S/C18H21NO3/c1-14-3-5-15(6-4-14)16-7-9-17(10-8-16)22-13-18(20)19-11-12-21-2/h3-10H,11-13H2,1-2H3,(H,19,20). The number of hydrogen-bond acceptors (Lipinski definition) is 3. The molecule has 0 spiro atoms. The van der Waals surface area contributed by atoms with E-state index < -0.39 is 0 Å². The van der Waals surface area contributed by atoms with Crippen LogP contribution in [-0.2, 0) is 9.53 Å². The summed E-state index contributed by atoms with van der Waals surface area (Å²) in [5.41, 5.74) is 3.52. The molecule has 0 atom stereocenters. The van der Waals surface area contributed by atoms with Gasteiger partial charge >= 0.3 is 0 Å². The van der Waals surface area contributed by atoms with Crippen LogP contribution in [0.15, 0.2) is 48.5 Å². The first-order valence-electron chi connectivity index (χ1n) is 7.24. The molecule has 22 heavy (non-hydrogen) atoms. The SMILES string of the molecule is COCCNC(=O)COc1ccc(-c2ccc(C)cc2)cc1. The highest BCUT2D eigenvalue weighted by Gasteiger charge is 2.03. The van der Waals surface area contributed by atoms with Crippen LogP contribution in [0.3, 0.4) is 0 Å². The Hall–Kier alpha value is -2.33. The van der Waals surface area contributed by atoms with E-state index in [1.165, 1.54) is 5.56 Å². The summed E-state index contributed by atoms with van der Waals surface area (Å²) in [7, 11) is 1.60. The van der Waals surface area contributed by atoms with Gasteiger partial charge < -0.3 is 14.8 Å². The number of hydrogen-bond donors (Lipinski definition) is 1. The molecule has 2 aromatic carbocycles. The smallest absolute Gasteiger partial charge is 0.258 e. The van der Waals surface area contributed by atoms with Crippen molar-refractivity contribution in [2.75, 3.05) is 26.9 Å². The molecule has 2 rings (SSSR count). The van der Waals surface area contributed by atoms with Crippen molar-refractivity contribution in [2.24, 2.45) is 0 Å². The monoisotopic (exact) mass is 299 g/mol. The van der Waals surface area contributed by atoms with Gasteiger partial charge in [-0.1, -0.05) is 42.0 Å². The highest BCUT2D eigenvalue weighted by Crippen LogP contribution is 2.22. The van der Waals surface area contributed by atoms with Gasteiger partial charge in [-0.05, 0) is 30.2 Å². The molecule has 2 aromatic rings. The Morgan fingerprint density at radius 1 is 1.00 bits per heavy atom. The Balaban J connectivity index is 1.86. The molecule has 0 aliphatic rings. The Kier molecular flexibility index (Phi) is 5.98. The van der Waals surface area contributed by atoms with E-state index in [1.807, 2.05) is 24.3 Å². The molecule has 0 saturated heterocycles. The zero-order chi connectivity index (χ0) is 15.8. The van der Waals surface area contributed by atoms with E-state index in [0.717, 1.165) is 11.1 Å². The fourth-order valence-electron chi connectivity index (χ4n) is 1.98. The predicted octanol–water partition coefficient (Wildman–Crippen LogP) is 2.80. The summed E-state index contributed by atoms with van der Waals surface area (Å²) >= 11 is 0. The van der Waals surface area contributed by atoms with Gasteiger partial charge in [0.1, 0.15) is 5.75 Å². The average molecular weight is 299 g/mol. The third-order valence-electron chi connectivity index (χ3n) is 3.24. The van der Waals surface area contributed by atoms with E-state index >= 15 is 0 Å². The van der Waals surface area contributed by atoms with Crippen molar-refractivity contribution in [3.63, 3.8) is 0 Å². The first kappa shape index (κ1) is 16.0. The summed E-state index contributed by atoms with van der Waals surface area (Å²) in [4.78, 5) is 11.5. The molecule has 4 nitrogen and oxygen atoms in total. The third-order valence-corrected chi connectivity index (χ3v) is 3.24. The van der Waals surface area contributed by atoms with Crippen LogP contribution in [0.2, 0.25) is 0 Å². The molecule has 1 N–H and O–H groups in total. The quantitative estimate of drug-likeness (QED) is 0.800. The zero-order valence-corrected chi connectivity index (χ0v) is 13.0. The van der Waals surface area contributed by atoms with Crippen molar-refractivity contribution in [3.05, 3.63) is 54.1 Å². The van der Waals surface area contributed by atoms with Crippen LogP contribution >= 0.6 is 0 Å². The lowest BCUT2D eigenvalue weighted by atomic mass is 10.0. The van der Waals surface area contributed by atoms with Gasteiger partial charge in [-0.25, -0.2) is 0 Å². The first-order chi connectivity index (χ1) is 10.7. The van der Waals surface area contributed by atoms with Gasteiger partial charge in [0.15, 0.2) is 6.61 Å². The van der Waals surface area contributed by atoms with Gasteiger partial charge in [0, 0.05) is 13.7 Å². The van der Waals surface area contributed by atoms with Gasteiger partial charge in [-0.3, -0.25) is 4.79 Å². The Bertz CT molecular complexity index is 591. The van der Waals surface area contributed by atoms with Crippen LogP contribution in [0, 0.1) is 6.92 Å². The topological polar surface area (TPSA) is 47.6 Å². The highest BCUT2D eigenvalue weighted by atomic mass is 16.5. The number of methoxy groups -OCH3 is 1. The van der Waals surface area contributed by atoms with Crippen LogP contribution in [0.4, 0.5) is 0 Å². The summed E-state index contributed by atoms with van der Waals surface area (Å²) in [5.74, 6) is 0.525.